The van der Waals surface area contributed by atoms with Gasteiger partial charge in [-0.1, -0.05) is 50.8 Å². The molecule has 1 atom stereocenters. The Bertz CT molecular complexity index is 404. The Morgan fingerprint density at radius 3 is 2.55 bits per heavy atom. The smallest absolute Gasteiger partial charge is 0.0110 e. The van der Waals surface area contributed by atoms with Crippen LogP contribution in [0.2, 0.25) is 0 Å². The second-order valence-electron chi connectivity index (χ2n) is 6.66. The van der Waals surface area contributed by atoms with E-state index in [0.29, 0.717) is 6.04 Å². The molecule has 1 nitrogen and oxygen atoms in total. The zero-order valence-electron chi connectivity index (χ0n) is 13.5. The first kappa shape index (κ1) is 15.6. The van der Waals surface area contributed by atoms with Crippen LogP contribution in [0.3, 0.4) is 0 Å². The largest absolute Gasteiger partial charge is 0.314 e. The van der Waals surface area contributed by atoms with Crippen molar-refractivity contribution in [2.45, 2.75) is 71.8 Å². The minimum atomic E-state index is 0.667. The molecular weight excluding hydrogens is 242 g/mol. The van der Waals surface area contributed by atoms with Crippen molar-refractivity contribution in [2.75, 3.05) is 6.54 Å². The van der Waals surface area contributed by atoms with E-state index < -0.39 is 0 Å². The highest BCUT2D eigenvalue weighted by Gasteiger charge is 2.20. The van der Waals surface area contributed by atoms with Gasteiger partial charge in [0.25, 0.3) is 0 Å². The molecule has 1 saturated carbocycles. The summed E-state index contributed by atoms with van der Waals surface area (Å²) in [5, 5.41) is 3.78. The van der Waals surface area contributed by atoms with Gasteiger partial charge in [0.15, 0.2) is 0 Å². The van der Waals surface area contributed by atoms with E-state index >= 15 is 0 Å². The van der Waals surface area contributed by atoms with Crippen LogP contribution in [0.15, 0.2) is 18.2 Å². The van der Waals surface area contributed by atoms with Crippen molar-refractivity contribution in [2.24, 2.45) is 5.92 Å². The number of benzene rings is 1. The van der Waals surface area contributed by atoms with Crippen molar-refractivity contribution in [3.05, 3.63) is 34.9 Å². The number of rotatable bonds is 7. The third kappa shape index (κ3) is 4.63. The summed E-state index contributed by atoms with van der Waals surface area (Å²) >= 11 is 0. The lowest BCUT2D eigenvalue weighted by atomic mass is 9.93. The van der Waals surface area contributed by atoms with Crippen LogP contribution in [0.1, 0.15) is 62.1 Å². The molecule has 1 unspecified atom stereocenters. The highest BCUT2D eigenvalue weighted by molar-refractivity contribution is 5.30. The van der Waals surface area contributed by atoms with Crippen LogP contribution >= 0.6 is 0 Å². The van der Waals surface area contributed by atoms with Gasteiger partial charge in [0.1, 0.15) is 0 Å². The van der Waals surface area contributed by atoms with E-state index in [2.05, 4.69) is 44.3 Å². The summed E-state index contributed by atoms with van der Waals surface area (Å²) in [6, 6.07) is 7.64. The van der Waals surface area contributed by atoms with Gasteiger partial charge in [-0.25, -0.2) is 0 Å². The summed E-state index contributed by atoms with van der Waals surface area (Å²) in [6.07, 6.45) is 9.61. The average molecular weight is 273 g/mol. The van der Waals surface area contributed by atoms with E-state index in [0.717, 1.165) is 12.5 Å². The lowest BCUT2D eigenvalue weighted by molar-refractivity contribution is 0.385. The molecule has 112 valence electrons. The van der Waals surface area contributed by atoms with Crippen molar-refractivity contribution >= 4 is 0 Å². The summed E-state index contributed by atoms with van der Waals surface area (Å²) in [7, 11) is 0. The van der Waals surface area contributed by atoms with Gasteiger partial charge in [0, 0.05) is 6.04 Å². The molecule has 1 aromatic rings. The van der Waals surface area contributed by atoms with Gasteiger partial charge < -0.3 is 5.32 Å². The third-order valence-corrected chi connectivity index (χ3v) is 4.83. The summed E-state index contributed by atoms with van der Waals surface area (Å²) in [4.78, 5) is 0. The first-order chi connectivity index (χ1) is 9.69. The fourth-order valence-corrected chi connectivity index (χ4v) is 3.45. The highest BCUT2D eigenvalue weighted by atomic mass is 14.9. The van der Waals surface area contributed by atoms with Crippen molar-refractivity contribution in [1.29, 1.82) is 0 Å². The maximum atomic E-state index is 3.78. The summed E-state index contributed by atoms with van der Waals surface area (Å²) in [6.45, 7) is 7.84. The molecule has 1 aromatic carbocycles. The Morgan fingerprint density at radius 2 is 1.90 bits per heavy atom. The van der Waals surface area contributed by atoms with Crippen LogP contribution in [0.25, 0.3) is 0 Å². The number of nitrogens with one attached hydrogen (secondary N) is 1. The van der Waals surface area contributed by atoms with Crippen molar-refractivity contribution in [3.8, 4) is 0 Å². The van der Waals surface area contributed by atoms with Crippen LogP contribution in [0, 0.1) is 19.8 Å². The standard InChI is InChI=1S/C19H31N/c1-4-11-20-19(13-17-7-5-6-8-17)14-18-10-9-15(2)16(3)12-18/h9-10,12,17,19-20H,4-8,11,13-14H2,1-3H3. The molecule has 0 amide bonds. The SMILES string of the molecule is CCCNC(Cc1ccc(C)c(C)c1)CC1CCCC1. The molecule has 1 fully saturated rings. The Hall–Kier alpha value is -0.820. The van der Waals surface area contributed by atoms with Crippen molar-refractivity contribution in [1.82, 2.24) is 5.32 Å². The topological polar surface area (TPSA) is 12.0 Å². The third-order valence-electron chi connectivity index (χ3n) is 4.83. The van der Waals surface area contributed by atoms with Gasteiger partial charge in [-0.3, -0.25) is 0 Å². The summed E-state index contributed by atoms with van der Waals surface area (Å²) < 4.78 is 0. The van der Waals surface area contributed by atoms with E-state index in [1.807, 2.05) is 0 Å². The van der Waals surface area contributed by atoms with E-state index in [9.17, 15) is 0 Å². The molecular formula is C19H31N. The van der Waals surface area contributed by atoms with Crippen LogP contribution in [-0.4, -0.2) is 12.6 Å². The predicted octanol–water partition coefficient (Wildman–Crippen LogP) is 4.79. The average Bonchev–Trinajstić information content (AvgIpc) is 2.93. The molecule has 1 N–H and O–H groups in total. The summed E-state index contributed by atoms with van der Waals surface area (Å²) in [5.41, 5.74) is 4.33. The Labute approximate surface area is 125 Å². The minimum Gasteiger partial charge on any atom is -0.314 e. The predicted molar refractivity (Wildman–Crippen MR) is 88.3 cm³/mol. The molecule has 0 heterocycles. The monoisotopic (exact) mass is 273 g/mol. The van der Waals surface area contributed by atoms with Crippen molar-refractivity contribution in [3.63, 3.8) is 0 Å². The van der Waals surface area contributed by atoms with E-state index in [-0.39, 0.29) is 0 Å². The molecule has 0 spiro atoms. The fraction of sp³-hybridized carbons (Fsp3) is 0.684. The molecule has 0 bridgehead atoms. The van der Waals surface area contributed by atoms with Gasteiger partial charge in [0.05, 0.1) is 0 Å². The second kappa shape index (κ2) is 7.83. The number of hydrogen-bond donors (Lipinski definition) is 1. The van der Waals surface area contributed by atoms with Crippen molar-refractivity contribution < 1.29 is 0 Å². The Balaban J connectivity index is 1.95. The maximum absolute atomic E-state index is 3.78. The Morgan fingerprint density at radius 1 is 1.15 bits per heavy atom. The van der Waals surface area contributed by atoms with Gasteiger partial charge in [-0.2, -0.15) is 0 Å². The first-order valence-corrected chi connectivity index (χ1v) is 8.48. The van der Waals surface area contributed by atoms with E-state index in [1.165, 1.54) is 61.6 Å². The second-order valence-corrected chi connectivity index (χ2v) is 6.66. The zero-order valence-corrected chi connectivity index (χ0v) is 13.5. The van der Waals surface area contributed by atoms with E-state index in [4.69, 9.17) is 0 Å². The number of aryl methyl sites for hydroxylation is 2. The Kier molecular flexibility index (Phi) is 6.09. The molecule has 20 heavy (non-hydrogen) atoms. The van der Waals surface area contributed by atoms with Crippen LogP contribution < -0.4 is 5.32 Å². The molecule has 1 aliphatic rings. The maximum Gasteiger partial charge on any atom is 0.0110 e. The molecule has 0 radical (unpaired) electrons. The lowest BCUT2D eigenvalue weighted by Crippen LogP contribution is -2.33. The van der Waals surface area contributed by atoms with Gasteiger partial charge in [-0.15, -0.1) is 0 Å². The minimum absolute atomic E-state index is 0.667. The van der Waals surface area contributed by atoms with Gasteiger partial charge >= 0.3 is 0 Å². The summed E-state index contributed by atoms with van der Waals surface area (Å²) in [5.74, 6) is 0.968. The van der Waals surface area contributed by atoms with E-state index in [1.54, 1.807) is 0 Å². The first-order valence-electron chi connectivity index (χ1n) is 8.48. The number of hydrogen-bond acceptors (Lipinski definition) is 1. The van der Waals surface area contributed by atoms with Gasteiger partial charge in [0.2, 0.25) is 0 Å². The van der Waals surface area contributed by atoms with Crippen LogP contribution in [0.5, 0.6) is 0 Å². The quantitative estimate of drug-likeness (QED) is 0.753. The fourth-order valence-electron chi connectivity index (χ4n) is 3.45. The molecule has 1 aliphatic carbocycles. The van der Waals surface area contributed by atoms with Crippen LogP contribution in [0.4, 0.5) is 0 Å². The molecule has 0 aliphatic heterocycles. The normalized spacial score (nSPS) is 17.6. The zero-order chi connectivity index (χ0) is 14.4. The highest BCUT2D eigenvalue weighted by Crippen LogP contribution is 2.29. The molecule has 2 rings (SSSR count). The van der Waals surface area contributed by atoms with Crippen LogP contribution in [-0.2, 0) is 6.42 Å². The molecule has 1 heteroatoms. The van der Waals surface area contributed by atoms with Gasteiger partial charge in [-0.05, 0) is 62.3 Å². The lowest BCUT2D eigenvalue weighted by Gasteiger charge is -2.22. The molecule has 0 aromatic heterocycles. The molecule has 0 saturated heterocycles.